The summed E-state index contributed by atoms with van der Waals surface area (Å²) in [6, 6.07) is 0. The zero-order valence-corrected chi connectivity index (χ0v) is 7.76. The predicted molar refractivity (Wildman–Crippen MR) is 46.3 cm³/mol. The second-order valence-corrected chi connectivity index (χ2v) is 3.07. The van der Waals surface area contributed by atoms with E-state index in [-0.39, 0.29) is 0 Å². The molecule has 8 nitrogen and oxygen atoms in total. The summed E-state index contributed by atoms with van der Waals surface area (Å²) in [5.41, 5.74) is 4.63. The third-order valence-corrected chi connectivity index (χ3v) is 1.90. The van der Waals surface area contributed by atoms with Crippen molar-refractivity contribution in [3.05, 3.63) is 0 Å². The van der Waals surface area contributed by atoms with E-state index in [1.54, 1.807) is 0 Å². The van der Waals surface area contributed by atoms with Gasteiger partial charge in [-0.25, -0.2) is 0 Å². The highest BCUT2D eigenvalue weighted by atomic mass is 16.4. The molecule has 0 saturated heterocycles. The monoisotopic (exact) mass is 225 g/mol. The lowest BCUT2D eigenvalue weighted by Gasteiger charge is -2.27. The first kappa shape index (κ1) is 14.2. The Kier molecular flexibility index (Phi) is 5.65. The minimum absolute atomic E-state index is 0.850. The molecule has 0 spiro atoms. The molecule has 0 heterocycles. The molecule has 0 aromatic heterocycles. The van der Waals surface area contributed by atoms with Crippen molar-refractivity contribution < 1.29 is 35.4 Å². The van der Waals surface area contributed by atoms with Crippen molar-refractivity contribution in [1.29, 1.82) is 0 Å². The van der Waals surface area contributed by atoms with E-state index in [1.807, 2.05) is 0 Å². The lowest BCUT2D eigenvalue weighted by atomic mass is 9.99. The van der Waals surface area contributed by atoms with Gasteiger partial charge >= 0.3 is 0 Å². The minimum Gasteiger partial charge on any atom is -0.394 e. The molecule has 0 aliphatic rings. The van der Waals surface area contributed by atoms with Crippen LogP contribution in [0.5, 0.6) is 0 Å². The summed E-state index contributed by atoms with van der Waals surface area (Å²) in [6.07, 6.45) is -9.72. The average molecular weight is 225 g/mol. The Balaban J connectivity index is 4.42. The van der Waals surface area contributed by atoms with Crippen LogP contribution in [-0.4, -0.2) is 73.7 Å². The van der Waals surface area contributed by atoms with Crippen molar-refractivity contribution in [3.8, 4) is 0 Å². The van der Waals surface area contributed by atoms with Crippen molar-refractivity contribution in [1.82, 2.24) is 0 Å². The molecule has 15 heavy (non-hydrogen) atoms. The Labute approximate surface area is 85.2 Å². The van der Waals surface area contributed by atoms with Gasteiger partial charge in [-0.3, -0.25) is 4.79 Å². The van der Waals surface area contributed by atoms with Gasteiger partial charge in [-0.2, -0.15) is 0 Å². The van der Waals surface area contributed by atoms with Crippen LogP contribution in [0, 0.1) is 0 Å². The molecule has 0 bridgehead atoms. The zero-order chi connectivity index (χ0) is 12.2. The number of amides is 1. The number of hydrogen-bond donors (Lipinski definition) is 7. The molecule has 1 amide bonds. The number of aliphatic hydroxyl groups is 6. The van der Waals surface area contributed by atoms with Gasteiger partial charge in [-0.05, 0) is 0 Å². The second kappa shape index (κ2) is 5.95. The molecular formula is C7H15NO7. The van der Waals surface area contributed by atoms with Crippen LogP contribution in [0.4, 0.5) is 0 Å². The van der Waals surface area contributed by atoms with Crippen LogP contribution in [0.15, 0.2) is 0 Å². The number of nitrogens with two attached hydrogens (primary N) is 1. The van der Waals surface area contributed by atoms with Gasteiger partial charge in [0.15, 0.2) is 6.10 Å². The first-order chi connectivity index (χ1) is 6.82. The van der Waals surface area contributed by atoms with Crippen LogP contribution in [0.25, 0.3) is 0 Å². The normalized spacial score (nSPS) is 21.5. The molecule has 0 saturated carbocycles. The van der Waals surface area contributed by atoms with E-state index < -0.39 is 43.0 Å². The Morgan fingerprint density at radius 3 is 1.80 bits per heavy atom. The second-order valence-electron chi connectivity index (χ2n) is 3.07. The largest absolute Gasteiger partial charge is 0.394 e. The molecule has 5 atom stereocenters. The molecule has 90 valence electrons. The highest BCUT2D eigenvalue weighted by Crippen LogP contribution is 2.08. The molecule has 8 heteroatoms. The highest BCUT2D eigenvalue weighted by molar-refractivity contribution is 5.79. The summed E-state index contributed by atoms with van der Waals surface area (Å²) in [5, 5.41) is 53.6. The Morgan fingerprint density at radius 1 is 1.00 bits per heavy atom. The van der Waals surface area contributed by atoms with E-state index in [0.29, 0.717) is 0 Å². The van der Waals surface area contributed by atoms with E-state index in [9.17, 15) is 4.79 Å². The first-order valence-corrected chi connectivity index (χ1v) is 4.13. The van der Waals surface area contributed by atoms with Crippen LogP contribution >= 0.6 is 0 Å². The van der Waals surface area contributed by atoms with E-state index >= 15 is 0 Å². The van der Waals surface area contributed by atoms with Crippen molar-refractivity contribution in [2.24, 2.45) is 5.73 Å². The number of carbonyl (C=O) groups is 1. The van der Waals surface area contributed by atoms with Crippen molar-refractivity contribution in [3.63, 3.8) is 0 Å². The van der Waals surface area contributed by atoms with E-state index in [0.717, 1.165) is 0 Å². The maximum atomic E-state index is 10.4. The molecule has 0 rings (SSSR count). The van der Waals surface area contributed by atoms with Gasteiger partial charge in [0.05, 0.1) is 6.61 Å². The molecule has 0 radical (unpaired) electrons. The predicted octanol–water partition coefficient (Wildman–Crippen LogP) is -4.73. The maximum Gasteiger partial charge on any atom is 0.249 e. The highest BCUT2D eigenvalue weighted by Gasteiger charge is 2.36. The smallest absolute Gasteiger partial charge is 0.249 e. The van der Waals surface area contributed by atoms with Gasteiger partial charge in [0.2, 0.25) is 5.91 Å². The van der Waals surface area contributed by atoms with Crippen LogP contribution in [0.3, 0.4) is 0 Å². The summed E-state index contributed by atoms with van der Waals surface area (Å²) in [7, 11) is 0. The lowest BCUT2D eigenvalue weighted by Crippen LogP contribution is -2.53. The molecule has 1 unspecified atom stereocenters. The molecule has 8 N–H and O–H groups in total. The number of rotatable bonds is 6. The van der Waals surface area contributed by atoms with Crippen molar-refractivity contribution >= 4 is 5.91 Å². The lowest BCUT2D eigenvalue weighted by molar-refractivity contribution is -0.154. The first-order valence-electron chi connectivity index (χ1n) is 4.13. The van der Waals surface area contributed by atoms with Crippen molar-refractivity contribution in [2.45, 2.75) is 30.5 Å². The van der Waals surface area contributed by atoms with Gasteiger partial charge in [0, 0.05) is 0 Å². The van der Waals surface area contributed by atoms with Gasteiger partial charge in [-0.1, -0.05) is 0 Å². The number of aliphatic hydroxyl groups excluding tert-OH is 6. The third-order valence-electron chi connectivity index (χ3n) is 1.90. The van der Waals surface area contributed by atoms with Gasteiger partial charge < -0.3 is 36.4 Å². The molecule has 0 fully saturated rings. The molecule has 0 aliphatic carbocycles. The van der Waals surface area contributed by atoms with Gasteiger partial charge in [0.25, 0.3) is 0 Å². The fraction of sp³-hybridized carbons (Fsp3) is 0.857. The number of hydrogen-bond acceptors (Lipinski definition) is 7. The Morgan fingerprint density at radius 2 is 1.47 bits per heavy atom. The molecule has 0 aromatic rings. The molecular weight excluding hydrogens is 210 g/mol. The van der Waals surface area contributed by atoms with Crippen LogP contribution in [0.2, 0.25) is 0 Å². The van der Waals surface area contributed by atoms with E-state index in [2.05, 4.69) is 5.73 Å². The van der Waals surface area contributed by atoms with E-state index in [1.165, 1.54) is 0 Å². The average Bonchev–Trinajstić information content (AvgIpc) is 2.23. The SMILES string of the molecule is NC(=O)[C@@H](O)[C@@H](O)[C@H](O)[C@H](O)C(O)CO. The Bertz CT molecular complexity index is 212. The minimum atomic E-state index is -2.07. The fourth-order valence-electron chi connectivity index (χ4n) is 0.893. The maximum absolute atomic E-state index is 10.4. The summed E-state index contributed by atoms with van der Waals surface area (Å²) in [4.78, 5) is 10.4. The van der Waals surface area contributed by atoms with E-state index in [4.69, 9.17) is 30.6 Å². The zero-order valence-electron chi connectivity index (χ0n) is 7.76. The van der Waals surface area contributed by atoms with Gasteiger partial charge in [-0.15, -0.1) is 0 Å². The summed E-state index contributed by atoms with van der Waals surface area (Å²) < 4.78 is 0. The van der Waals surface area contributed by atoms with Crippen LogP contribution in [0.1, 0.15) is 0 Å². The van der Waals surface area contributed by atoms with Crippen LogP contribution < -0.4 is 5.73 Å². The summed E-state index contributed by atoms with van der Waals surface area (Å²) in [6.45, 7) is -0.850. The topological polar surface area (TPSA) is 164 Å². The number of primary amides is 1. The summed E-state index contributed by atoms with van der Waals surface area (Å²) >= 11 is 0. The Hall–Kier alpha value is -0.770. The quantitative estimate of drug-likeness (QED) is 0.238. The van der Waals surface area contributed by atoms with Crippen LogP contribution in [-0.2, 0) is 4.79 Å². The standard InChI is InChI=1S/C7H15NO7/c8-7(15)6(14)5(13)4(12)3(11)2(10)1-9/h2-6,9-14H,1H2,(H2,8,15)/t2?,3-,4-,5+,6+/m1/s1. The third kappa shape index (κ3) is 3.70. The van der Waals surface area contributed by atoms with Crippen molar-refractivity contribution in [2.75, 3.05) is 6.61 Å². The fourth-order valence-corrected chi connectivity index (χ4v) is 0.893. The van der Waals surface area contributed by atoms with Gasteiger partial charge in [0.1, 0.15) is 24.4 Å². The molecule has 0 aromatic carbocycles. The number of carbonyl (C=O) groups excluding carboxylic acids is 1. The summed E-state index contributed by atoms with van der Waals surface area (Å²) in [5.74, 6) is -1.28. The molecule has 0 aliphatic heterocycles.